The molecule has 0 spiro atoms. The summed E-state index contributed by atoms with van der Waals surface area (Å²) in [7, 11) is 3.27. The molecule has 108 valence electrons. The summed E-state index contributed by atoms with van der Waals surface area (Å²) in [6.07, 6.45) is 1.83. The molecular formula is C12H21N3O4. The summed E-state index contributed by atoms with van der Waals surface area (Å²) in [5, 5.41) is 26.0. The number of nitrogens with zero attached hydrogens (tertiary/aromatic N) is 2. The van der Waals surface area contributed by atoms with Crippen LogP contribution in [0.5, 0.6) is 0 Å². The lowest BCUT2D eigenvalue weighted by atomic mass is 10.0. The molecule has 19 heavy (non-hydrogen) atoms. The van der Waals surface area contributed by atoms with Crippen molar-refractivity contribution in [3.63, 3.8) is 0 Å². The van der Waals surface area contributed by atoms with E-state index in [1.807, 2.05) is 0 Å². The molecule has 0 aliphatic carbocycles. The summed E-state index contributed by atoms with van der Waals surface area (Å²) >= 11 is 0. The Labute approximate surface area is 112 Å². The molecule has 1 rings (SSSR count). The van der Waals surface area contributed by atoms with Crippen molar-refractivity contribution in [3.05, 3.63) is 17.5 Å². The van der Waals surface area contributed by atoms with E-state index in [0.29, 0.717) is 31.8 Å². The third-order valence-electron chi connectivity index (χ3n) is 2.94. The van der Waals surface area contributed by atoms with Gasteiger partial charge in [0.1, 0.15) is 5.56 Å². The highest BCUT2D eigenvalue weighted by Gasteiger charge is 2.20. The molecule has 0 radical (unpaired) electrons. The molecule has 3 N–H and O–H groups in total. The SMILES string of the molecule is COCCC(C)(O)CNCc1c(C(=O)O)cnn1C. The van der Waals surface area contributed by atoms with Gasteiger partial charge in [-0.15, -0.1) is 0 Å². The van der Waals surface area contributed by atoms with E-state index in [0.717, 1.165) is 0 Å². The first-order chi connectivity index (χ1) is 8.87. The zero-order valence-corrected chi connectivity index (χ0v) is 11.5. The predicted octanol–water partition coefficient (Wildman–Crippen LogP) is -0.00460. The Morgan fingerprint density at radius 1 is 1.63 bits per heavy atom. The fourth-order valence-electron chi connectivity index (χ4n) is 1.71. The van der Waals surface area contributed by atoms with Crippen molar-refractivity contribution >= 4 is 5.97 Å². The van der Waals surface area contributed by atoms with Gasteiger partial charge in [0.2, 0.25) is 0 Å². The Morgan fingerprint density at radius 2 is 2.32 bits per heavy atom. The van der Waals surface area contributed by atoms with E-state index < -0.39 is 11.6 Å². The van der Waals surface area contributed by atoms with E-state index in [1.54, 1.807) is 21.1 Å². The van der Waals surface area contributed by atoms with Crippen LogP contribution in [-0.4, -0.2) is 51.8 Å². The predicted molar refractivity (Wildman–Crippen MR) is 69.0 cm³/mol. The molecule has 0 amide bonds. The van der Waals surface area contributed by atoms with E-state index in [1.165, 1.54) is 10.9 Å². The lowest BCUT2D eigenvalue weighted by Gasteiger charge is -2.23. The molecule has 0 saturated heterocycles. The standard InChI is InChI=1S/C12H21N3O4/c1-12(18,4-5-19-3)8-13-7-10-9(11(16)17)6-14-15(10)2/h6,13,18H,4-5,7-8H2,1-3H3,(H,16,17). The molecule has 1 atom stereocenters. The van der Waals surface area contributed by atoms with Crippen molar-refractivity contribution in [1.82, 2.24) is 15.1 Å². The van der Waals surface area contributed by atoms with E-state index in [-0.39, 0.29) is 5.56 Å². The molecule has 1 unspecified atom stereocenters. The first-order valence-corrected chi connectivity index (χ1v) is 6.03. The van der Waals surface area contributed by atoms with Gasteiger partial charge in [0, 0.05) is 40.3 Å². The molecular weight excluding hydrogens is 250 g/mol. The summed E-state index contributed by atoms with van der Waals surface area (Å²) in [6.45, 7) is 2.86. The zero-order valence-electron chi connectivity index (χ0n) is 11.5. The fraction of sp³-hybridized carbons (Fsp3) is 0.667. The first kappa shape index (κ1) is 15.6. The molecule has 0 aromatic carbocycles. The molecule has 0 aliphatic heterocycles. The quantitative estimate of drug-likeness (QED) is 0.615. The van der Waals surface area contributed by atoms with Gasteiger partial charge < -0.3 is 20.3 Å². The molecule has 0 bridgehead atoms. The largest absolute Gasteiger partial charge is 0.478 e. The molecule has 7 heteroatoms. The molecule has 0 fully saturated rings. The summed E-state index contributed by atoms with van der Waals surface area (Å²) in [4.78, 5) is 11.0. The minimum absolute atomic E-state index is 0.173. The average Bonchev–Trinajstić information content (AvgIpc) is 2.69. The molecule has 7 nitrogen and oxygen atoms in total. The van der Waals surface area contributed by atoms with Crippen LogP contribution in [0.1, 0.15) is 29.4 Å². The first-order valence-electron chi connectivity index (χ1n) is 6.03. The molecule has 1 heterocycles. The van der Waals surface area contributed by atoms with Gasteiger partial charge in [0.25, 0.3) is 0 Å². The third-order valence-corrected chi connectivity index (χ3v) is 2.94. The normalized spacial score (nSPS) is 14.3. The smallest absolute Gasteiger partial charge is 0.339 e. The van der Waals surface area contributed by atoms with Gasteiger partial charge in [0.15, 0.2) is 0 Å². The van der Waals surface area contributed by atoms with Crippen LogP contribution in [0.15, 0.2) is 6.20 Å². The van der Waals surface area contributed by atoms with Crippen LogP contribution < -0.4 is 5.32 Å². The van der Waals surface area contributed by atoms with Crippen molar-refractivity contribution in [1.29, 1.82) is 0 Å². The van der Waals surface area contributed by atoms with Crippen LogP contribution >= 0.6 is 0 Å². The van der Waals surface area contributed by atoms with Crippen molar-refractivity contribution < 1.29 is 19.7 Å². The highest BCUT2D eigenvalue weighted by Crippen LogP contribution is 2.10. The average molecular weight is 271 g/mol. The highest BCUT2D eigenvalue weighted by molar-refractivity contribution is 5.88. The highest BCUT2D eigenvalue weighted by atomic mass is 16.5. The Balaban J connectivity index is 2.53. The number of carboxylic acids is 1. The van der Waals surface area contributed by atoms with E-state index in [4.69, 9.17) is 9.84 Å². The van der Waals surface area contributed by atoms with Gasteiger partial charge in [-0.3, -0.25) is 4.68 Å². The summed E-state index contributed by atoms with van der Waals surface area (Å²) < 4.78 is 6.43. The number of carbonyl (C=O) groups is 1. The second-order valence-corrected chi connectivity index (χ2v) is 4.78. The number of aliphatic hydroxyl groups is 1. The minimum atomic E-state index is -1.00. The second kappa shape index (κ2) is 6.65. The number of aromatic nitrogens is 2. The van der Waals surface area contributed by atoms with Gasteiger partial charge in [-0.1, -0.05) is 0 Å². The Hall–Kier alpha value is -1.44. The second-order valence-electron chi connectivity index (χ2n) is 4.78. The van der Waals surface area contributed by atoms with Crippen LogP contribution in [0.2, 0.25) is 0 Å². The van der Waals surface area contributed by atoms with Crippen molar-refractivity contribution in [3.8, 4) is 0 Å². The van der Waals surface area contributed by atoms with Gasteiger partial charge in [-0.25, -0.2) is 4.79 Å². The van der Waals surface area contributed by atoms with E-state index in [9.17, 15) is 9.90 Å². The molecule has 0 saturated carbocycles. The van der Waals surface area contributed by atoms with Crippen LogP contribution in [0.4, 0.5) is 0 Å². The van der Waals surface area contributed by atoms with E-state index in [2.05, 4.69) is 10.4 Å². The maximum Gasteiger partial charge on any atom is 0.339 e. The van der Waals surface area contributed by atoms with Crippen LogP contribution in [0, 0.1) is 0 Å². The summed E-state index contributed by atoms with van der Waals surface area (Å²) in [6, 6.07) is 0. The summed E-state index contributed by atoms with van der Waals surface area (Å²) in [5.74, 6) is -1.00. The van der Waals surface area contributed by atoms with E-state index >= 15 is 0 Å². The maximum atomic E-state index is 11.0. The van der Waals surface area contributed by atoms with Gasteiger partial charge in [0.05, 0.1) is 17.5 Å². The number of rotatable bonds is 8. The number of aryl methyl sites for hydroxylation is 1. The van der Waals surface area contributed by atoms with Crippen LogP contribution in [0.25, 0.3) is 0 Å². The number of ether oxygens (including phenoxy) is 1. The summed E-state index contributed by atoms with van der Waals surface area (Å²) in [5.41, 5.74) is -0.139. The molecule has 1 aromatic rings. The Morgan fingerprint density at radius 3 is 2.89 bits per heavy atom. The Kier molecular flexibility index (Phi) is 5.46. The van der Waals surface area contributed by atoms with Crippen LogP contribution in [-0.2, 0) is 18.3 Å². The number of carboxylic acid groups (broad SMARTS) is 1. The van der Waals surface area contributed by atoms with Crippen molar-refractivity contribution in [2.24, 2.45) is 7.05 Å². The van der Waals surface area contributed by atoms with Crippen molar-refractivity contribution in [2.75, 3.05) is 20.3 Å². The van der Waals surface area contributed by atoms with Gasteiger partial charge in [-0.05, 0) is 6.92 Å². The lowest BCUT2D eigenvalue weighted by molar-refractivity contribution is 0.0246. The lowest BCUT2D eigenvalue weighted by Crippen LogP contribution is -2.38. The maximum absolute atomic E-state index is 11.0. The third kappa shape index (κ3) is 4.62. The molecule has 0 aliphatic rings. The zero-order chi connectivity index (χ0) is 14.5. The van der Waals surface area contributed by atoms with Gasteiger partial charge in [-0.2, -0.15) is 5.10 Å². The molecule has 1 aromatic heterocycles. The minimum Gasteiger partial charge on any atom is -0.478 e. The topological polar surface area (TPSA) is 96.6 Å². The Bertz CT molecular complexity index is 429. The monoisotopic (exact) mass is 271 g/mol. The van der Waals surface area contributed by atoms with Crippen molar-refractivity contribution in [2.45, 2.75) is 25.5 Å². The number of hydrogen-bond donors (Lipinski definition) is 3. The van der Waals surface area contributed by atoms with Gasteiger partial charge >= 0.3 is 5.97 Å². The number of methoxy groups -OCH3 is 1. The number of nitrogens with one attached hydrogen (secondary N) is 1. The number of aromatic carboxylic acids is 1. The van der Waals surface area contributed by atoms with Crippen LogP contribution in [0.3, 0.4) is 0 Å². The number of hydrogen-bond acceptors (Lipinski definition) is 5. The fourth-order valence-corrected chi connectivity index (χ4v) is 1.71.